The molecule has 1 aromatic heterocycles. The zero-order valence-electron chi connectivity index (χ0n) is 14.4. The molecule has 0 aliphatic carbocycles. The number of rotatable bonds is 3. The van der Waals surface area contributed by atoms with Gasteiger partial charge in [-0.15, -0.1) is 0 Å². The van der Waals surface area contributed by atoms with Crippen molar-refractivity contribution in [3.8, 4) is 11.3 Å². The first kappa shape index (κ1) is 20.4. The summed E-state index contributed by atoms with van der Waals surface area (Å²) in [4.78, 5) is 17.1. The molecule has 2 aromatic carbocycles. The third-order valence-electron chi connectivity index (χ3n) is 3.90. The Kier molecular flexibility index (Phi) is 5.95. The molecule has 4 rings (SSSR count). The van der Waals surface area contributed by atoms with Gasteiger partial charge in [-0.05, 0) is 54.2 Å². The number of amides is 1. The maximum atomic E-state index is 12.3. The fourth-order valence-corrected chi connectivity index (χ4v) is 4.09. The molecule has 3 aromatic rings. The SMILES string of the molecule is O=C1NC(=Nc2cccc(Cl)c2Cl)S/C1=C/c1ccc(-c2cc(Cl)ccc2Cl)o1. The van der Waals surface area contributed by atoms with E-state index in [9.17, 15) is 4.79 Å². The molecule has 0 spiro atoms. The second kappa shape index (κ2) is 8.46. The van der Waals surface area contributed by atoms with Crippen molar-refractivity contribution in [1.29, 1.82) is 0 Å². The standard InChI is InChI=1S/C20H10Cl4N2O2S/c21-10-4-6-13(22)12(8-10)16-7-5-11(28-16)9-17-19(27)26-20(29-17)25-15-3-1-2-14(23)18(15)24/h1-9H,(H,25,26,27)/b17-9+. The van der Waals surface area contributed by atoms with Crippen LogP contribution in [0.25, 0.3) is 17.4 Å². The van der Waals surface area contributed by atoms with Crippen LogP contribution in [0.1, 0.15) is 5.76 Å². The van der Waals surface area contributed by atoms with Gasteiger partial charge in [-0.1, -0.05) is 52.5 Å². The quantitative estimate of drug-likeness (QED) is 0.393. The molecule has 0 atom stereocenters. The number of aliphatic imine (C=N–C) groups is 1. The predicted octanol–water partition coefficient (Wildman–Crippen LogP) is 7.45. The van der Waals surface area contributed by atoms with Crippen LogP contribution in [-0.2, 0) is 4.79 Å². The number of furan rings is 1. The normalized spacial score (nSPS) is 16.6. The first-order valence-corrected chi connectivity index (χ1v) is 10.5. The molecule has 1 saturated heterocycles. The summed E-state index contributed by atoms with van der Waals surface area (Å²) in [5, 5.41) is 4.87. The molecule has 9 heteroatoms. The minimum Gasteiger partial charge on any atom is -0.457 e. The number of halogens is 4. The third kappa shape index (κ3) is 4.49. The summed E-state index contributed by atoms with van der Waals surface area (Å²) >= 11 is 25.6. The second-order valence-corrected chi connectivity index (χ2v) is 8.54. The molecule has 2 heterocycles. The Morgan fingerprint density at radius 1 is 1.00 bits per heavy atom. The molecular weight excluding hydrogens is 474 g/mol. The van der Waals surface area contributed by atoms with Gasteiger partial charge in [-0.2, -0.15) is 0 Å². The molecule has 4 nitrogen and oxygen atoms in total. The highest BCUT2D eigenvalue weighted by Crippen LogP contribution is 2.36. The maximum absolute atomic E-state index is 12.3. The first-order valence-electron chi connectivity index (χ1n) is 8.19. The summed E-state index contributed by atoms with van der Waals surface area (Å²) in [6, 6.07) is 13.7. The van der Waals surface area contributed by atoms with Crippen LogP contribution in [0.2, 0.25) is 20.1 Å². The van der Waals surface area contributed by atoms with E-state index < -0.39 is 0 Å². The Bertz CT molecular complexity index is 1190. The average molecular weight is 484 g/mol. The second-order valence-electron chi connectivity index (χ2n) is 5.88. The molecule has 0 unspecified atom stereocenters. The highest BCUT2D eigenvalue weighted by molar-refractivity contribution is 8.18. The summed E-state index contributed by atoms with van der Waals surface area (Å²) in [7, 11) is 0. The van der Waals surface area contributed by atoms with Crippen LogP contribution in [0.15, 0.2) is 62.8 Å². The zero-order chi connectivity index (χ0) is 20.5. The van der Waals surface area contributed by atoms with Gasteiger partial charge in [0.05, 0.1) is 25.7 Å². The summed E-state index contributed by atoms with van der Waals surface area (Å²) < 4.78 is 5.81. The molecule has 1 fully saturated rings. The van der Waals surface area contributed by atoms with Crippen LogP contribution in [-0.4, -0.2) is 11.1 Å². The fraction of sp³-hybridized carbons (Fsp3) is 0. The van der Waals surface area contributed by atoms with Gasteiger partial charge in [-0.3, -0.25) is 4.79 Å². The molecule has 1 aliphatic heterocycles. The van der Waals surface area contributed by atoms with Crippen LogP contribution in [0, 0.1) is 0 Å². The van der Waals surface area contributed by atoms with E-state index in [-0.39, 0.29) is 5.91 Å². The summed E-state index contributed by atoms with van der Waals surface area (Å²) in [5.74, 6) is 0.758. The zero-order valence-corrected chi connectivity index (χ0v) is 18.2. The van der Waals surface area contributed by atoms with Gasteiger partial charge >= 0.3 is 0 Å². The Balaban J connectivity index is 1.59. The number of benzene rings is 2. The molecule has 0 bridgehead atoms. The Morgan fingerprint density at radius 3 is 2.66 bits per heavy atom. The third-order valence-corrected chi connectivity index (χ3v) is 6.18. The highest BCUT2D eigenvalue weighted by Gasteiger charge is 2.25. The first-order chi connectivity index (χ1) is 13.9. The predicted molar refractivity (Wildman–Crippen MR) is 121 cm³/mol. The number of nitrogens with zero attached hydrogens (tertiary/aromatic N) is 1. The van der Waals surface area contributed by atoms with E-state index in [1.165, 1.54) is 11.8 Å². The molecule has 146 valence electrons. The maximum Gasteiger partial charge on any atom is 0.264 e. The van der Waals surface area contributed by atoms with Gasteiger partial charge < -0.3 is 9.73 Å². The van der Waals surface area contributed by atoms with Crippen molar-refractivity contribution >= 4 is 81.0 Å². The molecule has 0 saturated carbocycles. The van der Waals surface area contributed by atoms with E-state index in [1.54, 1.807) is 54.6 Å². The molecule has 1 aliphatic rings. The monoisotopic (exact) mass is 482 g/mol. The van der Waals surface area contributed by atoms with Crippen LogP contribution in [0.5, 0.6) is 0 Å². The van der Waals surface area contributed by atoms with Crippen molar-refractivity contribution in [3.63, 3.8) is 0 Å². The number of hydrogen-bond donors (Lipinski definition) is 1. The van der Waals surface area contributed by atoms with Gasteiger partial charge in [0.25, 0.3) is 5.91 Å². The summed E-state index contributed by atoms with van der Waals surface area (Å²) in [5.41, 5.74) is 1.14. The minimum atomic E-state index is -0.286. The smallest absolute Gasteiger partial charge is 0.264 e. The average Bonchev–Trinajstić information content (AvgIpc) is 3.28. The molecule has 1 N–H and O–H groups in total. The van der Waals surface area contributed by atoms with Crippen molar-refractivity contribution in [1.82, 2.24) is 5.32 Å². The largest absolute Gasteiger partial charge is 0.457 e. The van der Waals surface area contributed by atoms with Gasteiger partial charge in [0.2, 0.25) is 0 Å². The van der Waals surface area contributed by atoms with Gasteiger partial charge in [0.1, 0.15) is 11.5 Å². The van der Waals surface area contributed by atoms with Crippen LogP contribution >= 0.6 is 58.2 Å². The number of thioether (sulfide) groups is 1. The van der Waals surface area contributed by atoms with E-state index in [0.717, 1.165) is 0 Å². The van der Waals surface area contributed by atoms with Crippen molar-refractivity contribution < 1.29 is 9.21 Å². The number of carbonyl (C=O) groups excluding carboxylic acids is 1. The van der Waals surface area contributed by atoms with Crippen molar-refractivity contribution in [2.24, 2.45) is 4.99 Å². The lowest BCUT2D eigenvalue weighted by Crippen LogP contribution is -2.19. The topological polar surface area (TPSA) is 54.6 Å². The Hall–Kier alpha value is -1.89. The van der Waals surface area contributed by atoms with Crippen molar-refractivity contribution in [3.05, 3.63) is 79.3 Å². The van der Waals surface area contributed by atoms with Crippen LogP contribution in [0.4, 0.5) is 5.69 Å². The van der Waals surface area contributed by atoms with E-state index in [2.05, 4.69) is 10.3 Å². The van der Waals surface area contributed by atoms with Crippen LogP contribution in [0.3, 0.4) is 0 Å². The minimum absolute atomic E-state index is 0.286. The van der Waals surface area contributed by atoms with E-state index >= 15 is 0 Å². The lowest BCUT2D eigenvalue weighted by molar-refractivity contribution is -0.115. The summed E-state index contributed by atoms with van der Waals surface area (Å²) in [6.45, 7) is 0. The number of hydrogen-bond acceptors (Lipinski definition) is 4. The molecule has 29 heavy (non-hydrogen) atoms. The number of amidine groups is 1. The van der Waals surface area contributed by atoms with E-state index in [0.29, 0.717) is 52.9 Å². The number of nitrogens with one attached hydrogen (secondary N) is 1. The lowest BCUT2D eigenvalue weighted by atomic mass is 10.2. The molecule has 1 amide bonds. The fourth-order valence-electron chi connectivity index (χ4n) is 2.56. The molecule has 0 radical (unpaired) electrons. The van der Waals surface area contributed by atoms with E-state index in [4.69, 9.17) is 50.8 Å². The Morgan fingerprint density at radius 2 is 1.83 bits per heavy atom. The van der Waals surface area contributed by atoms with Crippen LogP contribution < -0.4 is 5.32 Å². The van der Waals surface area contributed by atoms with Gasteiger partial charge in [-0.25, -0.2) is 4.99 Å². The van der Waals surface area contributed by atoms with Crippen molar-refractivity contribution in [2.45, 2.75) is 0 Å². The molecular formula is C20H10Cl4N2O2S. The Labute approximate surface area is 190 Å². The van der Waals surface area contributed by atoms with Gasteiger partial charge in [0, 0.05) is 16.7 Å². The highest BCUT2D eigenvalue weighted by atomic mass is 35.5. The van der Waals surface area contributed by atoms with Crippen molar-refractivity contribution in [2.75, 3.05) is 0 Å². The lowest BCUT2D eigenvalue weighted by Gasteiger charge is -2.01. The van der Waals surface area contributed by atoms with Gasteiger partial charge in [0.15, 0.2) is 5.17 Å². The summed E-state index contributed by atoms with van der Waals surface area (Å²) in [6.07, 6.45) is 1.63. The number of carbonyl (C=O) groups is 1. The van der Waals surface area contributed by atoms with E-state index in [1.807, 2.05) is 0 Å².